The summed E-state index contributed by atoms with van der Waals surface area (Å²) >= 11 is 1.68. The van der Waals surface area contributed by atoms with Crippen LogP contribution in [0.25, 0.3) is 0 Å². The predicted octanol–water partition coefficient (Wildman–Crippen LogP) is 2.21. The molecule has 0 bridgehead atoms. The van der Waals surface area contributed by atoms with Gasteiger partial charge in [-0.25, -0.2) is 4.98 Å². The van der Waals surface area contributed by atoms with E-state index >= 15 is 0 Å². The molecule has 0 radical (unpaired) electrons. The highest BCUT2D eigenvalue weighted by Gasteiger charge is 2.27. The van der Waals surface area contributed by atoms with Crippen LogP contribution in [-0.4, -0.2) is 18.1 Å². The Hall–Kier alpha value is -1.39. The summed E-state index contributed by atoms with van der Waals surface area (Å²) in [6, 6.07) is 8.85. The molecule has 3 rings (SSSR count). The van der Waals surface area contributed by atoms with Crippen molar-refractivity contribution in [3.8, 4) is 0 Å². The normalized spacial score (nSPS) is 19.1. The van der Waals surface area contributed by atoms with Crippen molar-refractivity contribution in [2.45, 2.75) is 12.5 Å². The average Bonchev–Trinajstić information content (AvgIpc) is 2.91. The van der Waals surface area contributed by atoms with Gasteiger partial charge in [-0.05, 0) is 17.5 Å². The van der Waals surface area contributed by atoms with E-state index in [0.29, 0.717) is 6.54 Å². The van der Waals surface area contributed by atoms with Crippen LogP contribution in [0.5, 0.6) is 0 Å². The van der Waals surface area contributed by atoms with Gasteiger partial charge >= 0.3 is 0 Å². The summed E-state index contributed by atoms with van der Waals surface area (Å²) in [6.07, 6.45) is 2.93. The molecule has 1 aromatic heterocycles. The zero-order chi connectivity index (χ0) is 11.7. The molecule has 1 unspecified atom stereocenters. The van der Waals surface area contributed by atoms with E-state index in [1.807, 2.05) is 11.6 Å². The molecule has 3 nitrogen and oxygen atoms in total. The molecular formula is C13H15N3S. The number of thiazole rings is 1. The van der Waals surface area contributed by atoms with Crippen LogP contribution in [0.1, 0.15) is 17.2 Å². The van der Waals surface area contributed by atoms with Crippen molar-refractivity contribution in [3.05, 3.63) is 47.0 Å². The summed E-state index contributed by atoms with van der Waals surface area (Å²) in [5.74, 6) is 0. The zero-order valence-electron chi connectivity index (χ0n) is 9.54. The Morgan fingerprint density at radius 3 is 3.06 bits per heavy atom. The molecular weight excluding hydrogens is 230 g/mol. The summed E-state index contributed by atoms with van der Waals surface area (Å²) in [6.45, 7) is 1.64. The maximum atomic E-state index is 5.95. The van der Waals surface area contributed by atoms with Crippen molar-refractivity contribution >= 4 is 16.5 Å². The Labute approximate surface area is 105 Å². The number of benzene rings is 1. The maximum absolute atomic E-state index is 5.95. The number of nitrogens with zero attached hydrogens (tertiary/aromatic N) is 2. The van der Waals surface area contributed by atoms with Crippen LogP contribution in [0, 0.1) is 0 Å². The lowest BCUT2D eigenvalue weighted by atomic mass is 9.93. The van der Waals surface area contributed by atoms with Gasteiger partial charge in [0.05, 0.1) is 6.04 Å². The quantitative estimate of drug-likeness (QED) is 0.882. The monoisotopic (exact) mass is 245 g/mol. The van der Waals surface area contributed by atoms with Crippen LogP contribution in [0.3, 0.4) is 0 Å². The third-order valence-corrected chi connectivity index (χ3v) is 4.11. The van der Waals surface area contributed by atoms with Crippen LogP contribution < -0.4 is 10.6 Å². The molecule has 0 aliphatic carbocycles. The van der Waals surface area contributed by atoms with Gasteiger partial charge in [-0.1, -0.05) is 24.3 Å². The third-order valence-electron chi connectivity index (χ3n) is 3.30. The molecule has 0 saturated carbocycles. The van der Waals surface area contributed by atoms with Crippen LogP contribution in [-0.2, 0) is 6.42 Å². The van der Waals surface area contributed by atoms with E-state index in [4.69, 9.17) is 5.73 Å². The first-order valence-corrected chi connectivity index (χ1v) is 6.72. The SMILES string of the molecule is NCC1c2ccccc2CCN1c1nccs1. The van der Waals surface area contributed by atoms with Gasteiger partial charge in [0.2, 0.25) is 0 Å². The van der Waals surface area contributed by atoms with Crippen LogP contribution in [0.4, 0.5) is 5.13 Å². The lowest BCUT2D eigenvalue weighted by Crippen LogP contribution is -2.39. The Bertz CT molecular complexity index is 495. The molecule has 4 heteroatoms. The lowest BCUT2D eigenvalue weighted by Gasteiger charge is -2.36. The maximum Gasteiger partial charge on any atom is 0.185 e. The summed E-state index contributed by atoms with van der Waals surface area (Å²) < 4.78 is 0. The largest absolute Gasteiger partial charge is 0.339 e. The summed E-state index contributed by atoms with van der Waals surface area (Å²) in [5.41, 5.74) is 8.73. The van der Waals surface area contributed by atoms with Crippen LogP contribution in [0.15, 0.2) is 35.8 Å². The predicted molar refractivity (Wildman–Crippen MR) is 71.4 cm³/mol. The average molecular weight is 245 g/mol. The first-order chi connectivity index (χ1) is 8.40. The minimum absolute atomic E-state index is 0.270. The molecule has 1 aliphatic heterocycles. The second-order valence-corrected chi connectivity index (χ2v) is 5.08. The van der Waals surface area contributed by atoms with E-state index in [1.54, 1.807) is 11.3 Å². The highest BCUT2D eigenvalue weighted by molar-refractivity contribution is 7.13. The van der Waals surface area contributed by atoms with Gasteiger partial charge in [0.15, 0.2) is 5.13 Å². The number of nitrogens with two attached hydrogens (primary N) is 1. The molecule has 1 aromatic carbocycles. The van der Waals surface area contributed by atoms with Gasteiger partial charge in [0, 0.05) is 24.7 Å². The van der Waals surface area contributed by atoms with Crippen LogP contribution in [0.2, 0.25) is 0 Å². The van der Waals surface area contributed by atoms with E-state index in [0.717, 1.165) is 18.1 Å². The van der Waals surface area contributed by atoms with Crippen molar-refractivity contribution in [3.63, 3.8) is 0 Å². The number of aromatic nitrogens is 1. The van der Waals surface area contributed by atoms with Crippen molar-refractivity contribution in [1.29, 1.82) is 0 Å². The molecule has 0 saturated heterocycles. The first kappa shape index (κ1) is 10.7. The van der Waals surface area contributed by atoms with E-state index in [-0.39, 0.29) is 6.04 Å². The lowest BCUT2D eigenvalue weighted by molar-refractivity contribution is 0.589. The summed E-state index contributed by atoms with van der Waals surface area (Å²) in [4.78, 5) is 6.73. The second-order valence-electron chi connectivity index (χ2n) is 4.21. The van der Waals surface area contributed by atoms with Crippen molar-refractivity contribution in [2.24, 2.45) is 5.73 Å². The second kappa shape index (κ2) is 4.47. The Balaban J connectivity index is 2.00. The summed E-state index contributed by atoms with van der Waals surface area (Å²) in [5, 5.41) is 3.10. The topological polar surface area (TPSA) is 42.1 Å². The smallest absolute Gasteiger partial charge is 0.185 e. The fourth-order valence-electron chi connectivity index (χ4n) is 2.49. The van der Waals surface area contributed by atoms with Gasteiger partial charge in [0.1, 0.15) is 0 Å². The molecule has 0 amide bonds. The molecule has 2 N–H and O–H groups in total. The van der Waals surface area contributed by atoms with E-state index in [9.17, 15) is 0 Å². The van der Waals surface area contributed by atoms with Gasteiger partial charge < -0.3 is 10.6 Å². The standard InChI is InChI=1S/C13H15N3S/c14-9-12-11-4-2-1-3-10(11)5-7-16(12)13-15-6-8-17-13/h1-4,6,8,12H,5,7,9,14H2. The zero-order valence-corrected chi connectivity index (χ0v) is 10.4. The van der Waals surface area contributed by atoms with Crippen molar-refractivity contribution < 1.29 is 0 Å². The highest BCUT2D eigenvalue weighted by Crippen LogP contribution is 2.33. The minimum atomic E-state index is 0.270. The molecule has 88 valence electrons. The Morgan fingerprint density at radius 1 is 1.41 bits per heavy atom. The first-order valence-electron chi connectivity index (χ1n) is 5.84. The number of anilines is 1. The fraction of sp³-hybridized carbons (Fsp3) is 0.308. The van der Waals surface area contributed by atoms with Gasteiger partial charge in [-0.2, -0.15) is 0 Å². The molecule has 2 aromatic rings. The molecule has 17 heavy (non-hydrogen) atoms. The number of fused-ring (bicyclic) bond motifs is 1. The molecule has 2 heterocycles. The van der Waals surface area contributed by atoms with Crippen molar-refractivity contribution in [1.82, 2.24) is 4.98 Å². The number of hydrogen-bond donors (Lipinski definition) is 1. The van der Waals surface area contributed by atoms with Crippen LogP contribution >= 0.6 is 11.3 Å². The van der Waals surface area contributed by atoms with Gasteiger partial charge in [0.25, 0.3) is 0 Å². The molecule has 1 atom stereocenters. The molecule has 1 aliphatic rings. The Kier molecular flexibility index (Phi) is 2.82. The highest BCUT2D eigenvalue weighted by atomic mass is 32.1. The fourth-order valence-corrected chi connectivity index (χ4v) is 3.21. The van der Waals surface area contributed by atoms with E-state index in [1.165, 1.54) is 11.1 Å². The molecule has 0 spiro atoms. The molecule has 0 fully saturated rings. The Morgan fingerprint density at radius 2 is 2.29 bits per heavy atom. The third kappa shape index (κ3) is 1.83. The van der Waals surface area contributed by atoms with E-state index in [2.05, 4.69) is 34.1 Å². The minimum Gasteiger partial charge on any atom is -0.339 e. The van der Waals surface area contributed by atoms with Crippen molar-refractivity contribution in [2.75, 3.05) is 18.0 Å². The van der Waals surface area contributed by atoms with E-state index < -0.39 is 0 Å². The van der Waals surface area contributed by atoms with Gasteiger partial charge in [-0.15, -0.1) is 11.3 Å². The number of hydrogen-bond acceptors (Lipinski definition) is 4. The summed E-state index contributed by atoms with van der Waals surface area (Å²) in [7, 11) is 0. The number of rotatable bonds is 2. The van der Waals surface area contributed by atoms with Gasteiger partial charge in [-0.3, -0.25) is 0 Å².